The second-order valence-electron chi connectivity index (χ2n) is 5.43. The van der Waals surface area contributed by atoms with Crippen LogP contribution in [0, 0.1) is 27.7 Å². The van der Waals surface area contributed by atoms with E-state index in [-0.39, 0.29) is 16.8 Å². The van der Waals surface area contributed by atoms with E-state index < -0.39 is 0 Å². The average Bonchev–Trinajstić information content (AvgIpc) is 2.88. The molecule has 2 aromatic heterocycles. The second-order valence-corrected chi connectivity index (χ2v) is 6.72. The summed E-state index contributed by atoms with van der Waals surface area (Å²) >= 11 is 1.28. The highest BCUT2D eigenvalue weighted by Crippen LogP contribution is 2.28. The zero-order valence-corrected chi connectivity index (χ0v) is 14.5. The molecule has 0 aliphatic rings. The van der Waals surface area contributed by atoms with E-state index in [1.807, 2.05) is 20.8 Å². The number of aromatic amines is 1. The molecule has 2 aromatic rings. The van der Waals surface area contributed by atoms with Gasteiger partial charge in [0.05, 0.1) is 16.6 Å². The first kappa shape index (κ1) is 16.5. The van der Waals surface area contributed by atoms with Crippen molar-refractivity contribution in [3.8, 4) is 0 Å². The highest BCUT2D eigenvalue weighted by molar-refractivity contribution is 8.00. The van der Waals surface area contributed by atoms with Gasteiger partial charge in [0.2, 0.25) is 0 Å². The van der Waals surface area contributed by atoms with Gasteiger partial charge in [-0.3, -0.25) is 9.59 Å². The molecule has 0 aliphatic heterocycles. The quantitative estimate of drug-likeness (QED) is 0.670. The van der Waals surface area contributed by atoms with E-state index in [0.717, 1.165) is 17.1 Å². The van der Waals surface area contributed by atoms with E-state index >= 15 is 0 Å². The first-order valence-electron chi connectivity index (χ1n) is 7.07. The predicted octanol–water partition coefficient (Wildman–Crippen LogP) is 3.80. The molecule has 22 heavy (non-hydrogen) atoms. The van der Waals surface area contributed by atoms with Crippen molar-refractivity contribution in [3.05, 3.63) is 34.0 Å². The number of hydrogen-bond donors (Lipinski definition) is 1. The number of Topliss-reactive ketones (excluding diaryl/α,β-unsaturated/α-hetero) is 2. The van der Waals surface area contributed by atoms with Gasteiger partial charge in [-0.15, -0.1) is 0 Å². The third-order valence-electron chi connectivity index (χ3n) is 3.69. The van der Waals surface area contributed by atoms with E-state index in [0.29, 0.717) is 22.0 Å². The van der Waals surface area contributed by atoms with Crippen molar-refractivity contribution in [2.75, 3.05) is 0 Å². The fourth-order valence-electron chi connectivity index (χ4n) is 2.43. The summed E-state index contributed by atoms with van der Waals surface area (Å²) in [5, 5.41) is 0.137. The molecule has 0 radical (unpaired) electrons. The second kappa shape index (κ2) is 6.12. The lowest BCUT2D eigenvalue weighted by atomic mass is 10.0. The van der Waals surface area contributed by atoms with E-state index in [2.05, 4.69) is 9.97 Å². The van der Waals surface area contributed by atoms with Crippen LogP contribution in [-0.2, 0) is 0 Å². The number of aromatic nitrogens is 2. The topological polar surface area (TPSA) is 76.0 Å². The summed E-state index contributed by atoms with van der Waals surface area (Å²) in [6.45, 7) is 10.6. The van der Waals surface area contributed by atoms with E-state index in [1.165, 1.54) is 18.7 Å². The monoisotopic (exact) mass is 320 g/mol. The minimum Gasteiger partial charge on any atom is -0.437 e. The van der Waals surface area contributed by atoms with Crippen molar-refractivity contribution in [2.24, 2.45) is 0 Å². The Balaban J connectivity index is 2.24. The first-order valence-corrected chi connectivity index (χ1v) is 7.95. The predicted molar refractivity (Wildman–Crippen MR) is 85.9 cm³/mol. The van der Waals surface area contributed by atoms with Crippen LogP contribution in [0.1, 0.15) is 57.4 Å². The standard InChI is InChI=1S/C16H20N2O3S/c1-7-13(10(4)19)9(3)17-14(7)15(20)12(6)22-16-18-8(2)11(5)21-16/h12,17H,1-6H3/t12-/m0/s1. The van der Waals surface area contributed by atoms with Gasteiger partial charge in [0.15, 0.2) is 11.6 Å². The maximum absolute atomic E-state index is 12.6. The van der Waals surface area contributed by atoms with Crippen LogP contribution in [0.25, 0.3) is 0 Å². The third-order valence-corrected chi connectivity index (χ3v) is 4.64. The Morgan fingerprint density at radius 2 is 1.86 bits per heavy atom. The fraction of sp³-hybridized carbons (Fsp3) is 0.438. The highest BCUT2D eigenvalue weighted by atomic mass is 32.2. The number of thioether (sulfide) groups is 1. The summed E-state index contributed by atoms with van der Waals surface area (Å²) < 4.78 is 5.50. The molecule has 2 rings (SSSR count). The van der Waals surface area contributed by atoms with Gasteiger partial charge in [0.25, 0.3) is 5.22 Å². The summed E-state index contributed by atoms with van der Waals surface area (Å²) in [5.41, 5.74) is 3.36. The van der Waals surface area contributed by atoms with Crippen LogP contribution in [-0.4, -0.2) is 26.8 Å². The van der Waals surface area contributed by atoms with E-state index in [9.17, 15) is 9.59 Å². The zero-order valence-electron chi connectivity index (χ0n) is 13.7. The normalized spacial score (nSPS) is 12.5. The number of nitrogens with zero attached hydrogens (tertiary/aromatic N) is 1. The maximum Gasteiger partial charge on any atom is 0.256 e. The molecule has 6 heteroatoms. The minimum absolute atomic E-state index is 0.0374. The summed E-state index contributed by atoms with van der Waals surface area (Å²) in [5.74, 6) is 0.657. The fourth-order valence-corrected chi connectivity index (χ4v) is 3.32. The Kier molecular flexibility index (Phi) is 4.60. The number of rotatable bonds is 5. The number of oxazole rings is 1. The Hall–Kier alpha value is -1.82. The summed E-state index contributed by atoms with van der Waals surface area (Å²) in [6, 6.07) is 0. The molecular weight excluding hydrogens is 300 g/mol. The summed E-state index contributed by atoms with van der Waals surface area (Å²) in [6.07, 6.45) is 0. The number of carbonyl (C=O) groups is 2. The van der Waals surface area contributed by atoms with Crippen molar-refractivity contribution in [1.82, 2.24) is 9.97 Å². The molecule has 0 saturated carbocycles. The van der Waals surface area contributed by atoms with Gasteiger partial charge in [-0.05, 0) is 47.1 Å². The van der Waals surface area contributed by atoms with Crippen molar-refractivity contribution < 1.29 is 14.0 Å². The van der Waals surface area contributed by atoms with Gasteiger partial charge in [0, 0.05) is 11.3 Å². The molecule has 5 nitrogen and oxygen atoms in total. The molecule has 0 amide bonds. The zero-order chi connectivity index (χ0) is 16.6. The minimum atomic E-state index is -0.353. The molecule has 1 atom stereocenters. The molecule has 0 fully saturated rings. The summed E-state index contributed by atoms with van der Waals surface area (Å²) in [4.78, 5) is 31.6. The lowest BCUT2D eigenvalue weighted by molar-refractivity contribution is 0.0988. The van der Waals surface area contributed by atoms with Gasteiger partial charge in [-0.2, -0.15) is 0 Å². The molecule has 2 heterocycles. The Morgan fingerprint density at radius 3 is 2.32 bits per heavy atom. The molecule has 0 unspecified atom stereocenters. The van der Waals surface area contributed by atoms with Crippen LogP contribution in [0.2, 0.25) is 0 Å². The largest absolute Gasteiger partial charge is 0.437 e. The van der Waals surface area contributed by atoms with Crippen molar-refractivity contribution in [1.29, 1.82) is 0 Å². The third kappa shape index (κ3) is 3.02. The summed E-state index contributed by atoms with van der Waals surface area (Å²) in [7, 11) is 0. The molecule has 0 spiro atoms. The van der Waals surface area contributed by atoms with Gasteiger partial charge in [-0.1, -0.05) is 11.8 Å². The van der Waals surface area contributed by atoms with Crippen molar-refractivity contribution in [3.63, 3.8) is 0 Å². The molecule has 0 aromatic carbocycles. The van der Waals surface area contributed by atoms with Crippen LogP contribution in [0.3, 0.4) is 0 Å². The Labute approximate surface area is 133 Å². The SMILES string of the molecule is CC(=O)c1c(C)[nH]c(C(=O)[C@H](C)Sc2nc(C)c(C)o2)c1C. The van der Waals surface area contributed by atoms with Gasteiger partial charge < -0.3 is 9.40 Å². The van der Waals surface area contributed by atoms with Crippen LogP contribution < -0.4 is 0 Å². The van der Waals surface area contributed by atoms with Crippen molar-refractivity contribution >= 4 is 23.3 Å². The molecular formula is C16H20N2O3S. The highest BCUT2D eigenvalue weighted by Gasteiger charge is 2.25. The van der Waals surface area contributed by atoms with E-state index in [1.54, 1.807) is 13.8 Å². The van der Waals surface area contributed by atoms with Gasteiger partial charge in [0.1, 0.15) is 5.76 Å². The number of aryl methyl sites for hydroxylation is 3. The number of ketones is 2. The van der Waals surface area contributed by atoms with Crippen LogP contribution >= 0.6 is 11.8 Å². The molecule has 0 bridgehead atoms. The lowest BCUT2D eigenvalue weighted by Crippen LogP contribution is -2.15. The smallest absolute Gasteiger partial charge is 0.256 e. The van der Waals surface area contributed by atoms with Gasteiger partial charge in [-0.25, -0.2) is 4.98 Å². The van der Waals surface area contributed by atoms with Crippen LogP contribution in [0.4, 0.5) is 0 Å². The van der Waals surface area contributed by atoms with Crippen LogP contribution in [0.5, 0.6) is 0 Å². The Morgan fingerprint density at radius 1 is 1.23 bits per heavy atom. The Bertz CT molecular complexity index is 723. The van der Waals surface area contributed by atoms with Crippen molar-refractivity contribution in [2.45, 2.75) is 52.0 Å². The molecule has 0 saturated heterocycles. The first-order chi connectivity index (χ1) is 10.2. The number of H-pyrrole nitrogens is 1. The lowest BCUT2D eigenvalue weighted by Gasteiger charge is -2.07. The average molecular weight is 320 g/mol. The maximum atomic E-state index is 12.6. The number of carbonyl (C=O) groups excluding carboxylic acids is 2. The number of hydrogen-bond acceptors (Lipinski definition) is 5. The van der Waals surface area contributed by atoms with Crippen LogP contribution in [0.15, 0.2) is 9.64 Å². The van der Waals surface area contributed by atoms with Gasteiger partial charge >= 0.3 is 0 Å². The molecule has 0 aliphatic carbocycles. The number of nitrogens with one attached hydrogen (secondary N) is 1. The van der Waals surface area contributed by atoms with E-state index in [4.69, 9.17) is 4.42 Å². The molecule has 118 valence electrons. The molecule has 1 N–H and O–H groups in total.